The van der Waals surface area contributed by atoms with Gasteiger partial charge in [-0.1, -0.05) is 18.2 Å². The zero-order valence-corrected chi connectivity index (χ0v) is 21.0. The summed E-state index contributed by atoms with van der Waals surface area (Å²) in [6.07, 6.45) is -2.54. The summed E-state index contributed by atoms with van der Waals surface area (Å²) in [5.41, 5.74) is 14.6. The average molecular weight is 543 g/mol. The first kappa shape index (κ1) is 29.1. The number of carbonyl (C=O) groups excluding carboxylic acids is 1. The maximum Gasteiger partial charge on any atom is 0.389 e. The van der Waals surface area contributed by atoms with Crippen molar-refractivity contribution < 1.29 is 37.3 Å². The molecule has 3 rings (SSSR count). The van der Waals surface area contributed by atoms with Gasteiger partial charge in [0.1, 0.15) is 11.5 Å². The lowest BCUT2D eigenvalue weighted by atomic mass is 10.0. The first-order valence-corrected chi connectivity index (χ1v) is 12.2. The molecule has 5 N–H and O–H groups in total. The Hall–Kier alpha value is -4.47. The molecular formula is C29H29F3N2O5. The highest BCUT2D eigenvalue weighted by Gasteiger charge is 2.25. The molecule has 0 fully saturated rings. The van der Waals surface area contributed by atoms with Crippen LogP contribution in [0.25, 0.3) is 6.08 Å². The van der Waals surface area contributed by atoms with Crippen LogP contribution in [0.2, 0.25) is 0 Å². The zero-order valence-electron chi connectivity index (χ0n) is 21.0. The number of esters is 1. The van der Waals surface area contributed by atoms with Gasteiger partial charge in [-0.3, -0.25) is 0 Å². The molecule has 7 nitrogen and oxygen atoms in total. The number of unbranched alkanes of at least 4 members (excludes halogenated alkanes) is 1. The Morgan fingerprint density at radius 3 is 2.18 bits per heavy atom. The summed E-state index contributed by atoms with van der Waals surface area (Å²) in [7, 11) is 0. The van der Waals surface area contributed by atoms with Crippen LogP contribution in [0.15, 0.2) is 72.3 Å². The Morgan fingerprint density at radius 1 is 0.897 bits per heavy atom. The number of aryl methyl sites for hydroxylation is 1. The summed E-state index contributed by atoms with van der Waals surface area (Å²) in [6.45, 7) is 0.139. The molecule has 0 heterocycles. The molecule has 3 aromatic rings. The van der Waals surface area contributed by atoms with Crippen molar-refractivity contribution in [2.24, 2.45) is 0 Å². The summed E-state index contributed by atoms with van der Waals surface area (Å²) >= 11 is 0. The summed E-state index contributed by atoms with van der Waals surface area (Å²) in [5.74, 6) is -0.952. The highest BCUT2D eigenvalue weighted by atomic mass is 19.4. The van der Waals surface area contributed by atoms with E-state index >= 15 is 0 Å². The fourth-order valence-electron chi connectivity index (χ4n) is 3.66. The van der Waals surface area contributed by atoms with E-state index in [1.165, 1.54) is 12.1 Å². The van der Waals surface area contributed by atoms with E-state index in [0.29, 0.717) is 29.1 Å². The third-order valence-electron chi connectivity index (χ3n) is 5.75. The molecule has 0 saturated heterocycles. The van der Waals surface area contributed by atoms with Crippen LogP contribution < -0.4 is 20.9 Å². The number of hydrogen-bond acceptors (Lipinski definition) is 6. The molecular weight excluding hydrogens is 513 g/mol. The lowest BCUT2D eigenvalue weighted by Gasteiger charge is -2.09. The van der Waals surface area contributed by atoms with Crippen LogP contribution in [0, 0.1) is 0 Å². The second kappa shape index (κ2) is 13.4. The number of aliphatic carboxylic acids is 1. The Bertz CT molecular complexity index is 1300. The minimum Gasteiger partial charge on any atom is -0.494 e. The molecule has 39 heavy (non-hydrogen) atoms. The predicted octanol–water partition coefficient (Wildman–Crippen LogP) is 6.28. The van der Waals surface area contributed by atoms with Gasteiger partial charge in [-0.2, -0.15) is 13.2 Å². The van der Waals surface area contributed by atoms with Gasteiger partial charge in [0.25, 0.3) is 0 Å². The SMILES string of the molecule is Nc1ccc(CC/C(=C\c2ccc(OC(=O)c3ccc(OCCCCC(F)(F)F)cc3)cc2)C(=O)O)c(N)c1. The summed E-state index contributed by atoms with van der Waals surface area (Å²) < 4.78 is 47.3. The van der Waals surface area contributed by atoms with E-state index < -0.39 is 24.5 Å². The van der Waals surface area contributed by atoms with Crippen LogP contribution in [0.3, 0.4) is 0 Å². The third-order valence-corrected chi connectivity index (χ3v) is 5.75. The topological polar surface area (TPSA) is 125 Å². The Balaban J connectivity index is 1.53. The van der Waals surface area contributed by atoms with E-state index in [1.54, 1.807) is 60.7 Å². The van der Waals surface area contributed by atoms with Gasteiger partial charge in [0, 0.05) is 23.4 Å². The van der Waals surface area contributed by atoms with Gasteiger partial charge in [-0.05, 0) is 91.4 Å². The van der Waals surface area contributed by atoms with Gasteiger partial charge in [0.15, 0.2) is 0 Å². The fraction of sp³-hybridized carbons (Fsp3) is 0.241. The summed E-state index contributed by atoms with van der Waals surface area (Å²) in [4.78, 5) is 24.2. The van der Waals surface area contributed by atoms with Gasteiger partial charge < -0.3 is 26.0 Å². The largest absolute Gasteiger partial charge is 0.494 e. The molecule has 0 spiro atoms. The van der Waals surface area contributed by atoms with Gasteiger partial charge >= 0.3 is 18.1 Å². The number of nitrogens with two attached hydrogens (primary N) is 2. The fourth-order valence-corrected chi connectivity index (χ4v) is 3.66. The molecule has 0 unspecified atom stereocenters. The molecule has 0 aliphatic carbocycles. The number of rotatable bonds is 12. The maximum absolute atomic E-state index is 12.5. The minimum absolute atomic E-state index is 0.0150. The Kier molecular flexibility index (Phi) is 9.97. The molecule has 0 radical (unpaired) electrons. The Morgan fingerprint density at radius 2 is 1.56 bits per heavy atom. The second-order valence-electron chi connectivity index (χ2n) is 8.84. The van der Waals surface area contributed by atoms with Crippen molar-refractivity contribution in [1.82, 2.24) is 0 Å². The van der Waals surface area contributed by atoms with Crippen molar-refractivity contribution in [1.29, 1.82) is 0 Å². The first-order valence-electron chi connectivity index (χ1n) is 12.2. The molecule has 3 aromatic carbocycles. The van der Waals surface area contributed by atoms with Crippen molar-refractivity contribution in [3.8, 4) is 11.5 Å². The maximum atomic E-state index is 12.5. The zero-order chi connectivity index (χ0) is 28.4. The quantitative estimate of drug-likeness (QED) is 0.0808. The van der Waals surface area contributed by atoms with Crippen molar-refractivity contribution in [2.75, 3.05) is 18.1 Å². The average Bonchev–Trinajstić information content (AvgIpc) is 2.87. The molecule has 10 heteroatoms. The number of benzene rings is 3. The molecule has 0 atom stereocenters. The number of carboxylic acid groups (broad SMARTS) is 1. The molecule has 0 amide bonds. The standard InChI is InChI=1S/C29H29F3N2O5/c30-29(31,32)15-1-2-16-38-24-13-8-21(9-14-24)28(37)39-25-11-3-19(4-12-25)17-22(27(35)36)6-5-20-7-10-23(33)18-26(20)34/h3-4,7-14,17-18H,1-2,5-6,15-16,33-34H2,(H,35,36)/b22-17+. The summed E-state index contributed by atoms with van der Waals surface area (Å²) in [5, 5.41) is 9.61. The van der Waals surface area contributed by atoms with Crippen LogP contribution in [-0.4, -0.2) is 29.8 Å². The van der Waals surface area contributed by atoms with Gasteiger partial charge in [-0.25, -0.2) is 9.59 Å². The number of nitrogen functional groups attached to an aromatic ring is 2. The minimum atomic E-state index is -4.17. The number of anilines is 2. The third kappa shape index (κ3) is 9.73. The second-order valence-corrected chi connectivity index (χ2v) is 8.84. The molecule has 0 aliphatic heterocycles. The predicted molar refractivity (Wildman–Crippen MR) is 142 cm³/mol. The first-order chi connectivity index (χ1) is 18.5. The lowest BCUT2D eigenvalue weighted by molar-refractivity contribution is -0.136. The Labute approximate surface area is 223 Å². The number of alkyl halides is 3. The van der Waals surface area contributed by atoms with Crippen molar-refractivity contribution in [3.05, 3.63) is 89.0 Å². The molecule has 0 aromatic heterocycles. The number of halogens is 3. The molecule has 206 valence electrons. The van der Waals surface area contributed by atoms with Crippen molar-refractivity contribution >= 4 is 29.4 Å². The van der Waals surface area contributed by atoms with E-state index in [-0.39, 0.29) is 42.8 Å². The van der Waals surface area contributed by atoms with E-state index in [9.17, 15) is 27.9 Å². The number of carbonyl (C=O) groups is 2. The van der Waals surface area contributed by atoms with Crippen molar-refractivity contribution in [2.45, 2.75) is 38.3 Å². The molecule has 0 saturated carbocycles. The van der Waals surface area contributed by atoms with E-state index in [1.807, 2.05) is 0 Å². The van der Waals surface area contributed by atoms with Gasteiger partial charge in [0.05, 0.1) is 12.2 Å². The molecule has 0 bridgehead atoms. The number of ether oxygens (including phenoxy) is 2. The number of hydrogen-bond donors (Lipinski definition) is 3. The van der Waals surface area contributed by atoms with E-state index in [0.717, 1.165) is 5.56 Å². The highest BCUT2D eigenvalue weighted by molar-refractivity contribution is 5.92. The summed E-state index contributed by atoms with van der Waals surface area (Å²) in [6, 6.07) is 17.6. The van der Waals surface area contributed by atoms with Crippen LogP contribution in [0.4, 0.5) is 24.5 Å². The lowest BCUT2D eigenvalue weighted by Crippen LogP contribution is -2.09. The smallest absolute Gasteiger partial charge is 0.389 e. The van der Waals surface area contributed by atoms with E-state index in [4.69, 9.17) is 20.9 Å². The van der Waals surface area contributed by atoms with Crippen LogP contribution in [-0.2, 0) is 11.2 Å². The van der Waals surface area contributed by atoms with E-state index in [2.05, 4.69) is 0 Å². The van der Waals surface area contributed by atoms with Crippen molar-refractivity contribution in [3.63, 3.8) is 0 Å². The van der Waals surface area contributed by atoms with Crippen LogP contribution in [0.1, 0.15) is 47.2 Å². The number of carboxylic acids is 1. The van der Waals surface area contributed by atoms with Gasteiger partial charge in [0.2, 0.25) is 0 Å². The molecule has 0 aliphatic rings. The monoisotopic (exact) mass is 542 g/mol. The normalized spacial score (nSPS) is 11.7. The van der Waals surface area contributed by atoms with Crippen LogP contribution >= 0.6 is 0 Å². The highest BCUT2D eigenvalue weighted by Crippen LogP contribution is 2.23. The van der Waals surface area contributed by atoms with Crippen LogP contribution in [0.5, 0.6) is 11.5 Å². The van der Waals surface area contributed by atoms with Gasteiger partial charge in [-0.15, -0.1) is 0 Å².